The van der Waals surface area contributed by atoms with Crippen LogP contribution in [0.2, 0.25) is 0 Å². The fourth-order valence-corrected chi connectivity index (χ4v) is 1.36. The van der Waals surface area contributed by atoms with E-state index in [1.165, 1.54) is 0 Å². The Hall–Kier alpha value is -0.530. The van der Waals surface area contributed by atoms with E-state index >= 15 is 0 Å². The molecule has 1 aliphatic carbocycles. The van der Waals surface area contributed by atoms with Crippen molar-refractivity contribution in [1.29, 1.82) is 0 Å². The molecule has 0 spiro atoms. The van der Waals surface area contributed by atoms with E-state index in [4.69, 9.17) is 0 Å². The Kier molecular flexibility index (Phi) is 2.45. The molecule has 2 unspecified atom stereocenters. The summed E-state index contributed by atoms with van der Waals surface area (Å²) in [4.78, 5) is 11.5. The lowest BCUT2D eigenvalue weighted by Crippen LogP contribution is -2.34. The second-order valence-electron chi connectivity index (χ2n) is 4.56. The van der Waals surface area contributed by atoms with E-state index in [1.54, 1.807) is 0 Å². The molecule has 2 heteroatoms. The van der Waals surface area contributed by atoms with Crippen LogP contribution in [0.3, 0.4) is 0 Å². The summed E-state index contributed by atoms with van der Waals surface area (Å²) in [6, 6.07) is 0.328. The van der Waals surface area contributed by atoms with E-state index in [0.29, 0.717) is 6.04 Å². The number of rotatable bonds is 3. The van der Waals surface area contributed by atoms with Gasteiger partial charge in [-0.2, -0.15) is 0 Å². The molecule has 1 aliphatic rings. The van der Waals surface area contributed by atoms with Crippen molar-refractivity contribution in [1.82, 2.24) is 5.32 Å². The summed E-state index contributed by atoms with van der Waals surface area (Å²) >= 11 is 0. The van der Waals surface area contributed by atoms with Gasteiger partial charge in [-0.1, -0.05) is 20.8 Å². The smallest absolute Gasteiger partial charge is 0.223 e. The summed E-state index contributed by atoms with van der Waals surface area (Å²) in [6.07, 6.45) is 2.06. The fraction of sp³-hybridized carbons (Fsp3) is 0.900. The van der Waals surface area contributed by atoms with Crippen LogP contribution in [0.5, 0.6) is 0 Å². The molecule has 0 aromatic heterocycles. The molecular weight excluding hydrogens is 150 g/mol. The van der Waals surface area contributed by atoms with Gasteiger partial charge in [0.25, 0.3) is 0 Å². The van der Waals surface area contributed by atoms with Crippen LogP contribution in [0.1, 0.15) is 40.5 Å². The SMILES string of the molecule is CCC(C)NC(=O)C1CC1(C)C. The predicted molar refractivity (Wildman–Crippen MR) is 49.8 cm³/mol. The van der Waals surface area contributed by atoms with Crippen molar-refractivity contribution >= 4 is 5.91 Å². The minimum atomic E-state index is 0.245. The van der Waals surface area contributed by atoms with Gasteiger partial charge in [-0.25, -0.2) is 0 Å². The van der Waals surface area contributed by atoms with Crippen LogP contribution in [0, 0.1) is 11.3 Å². The molecule has 1 N–H and O–H groups in total. The maximum Gasteiger partial charge on any atom is 0.223 e. The van der Waals surface area contributed by atoms with E-state index in [2.05, 4.69) is 26.1 Å². The standard InChI is InChI=1S/C10H19NO/c1-5-7(2)11-9(12)8-6-10(8,3)4/h7-8H,5-6H2,1-4H3,(H,11,12). The van der Waals surface area contributed by atoms with Crippen LogP contribution in [0.15, 0.2) is 0 Å². The van der Waals surface area contributed by atoms with Gasteiger partial charge in [0.1, 0.15) is 0 Å². The molecule has 12 heavy (non-hydrogen) atoms. The van der Waals surface area contributed by atoms with Crippen molar-refractivity contribution in [2.75, 3.05) is 0 Å². The van der Waals surface area contributed by atoms with Gasteiger partial charge in [-0.3, -0.25) is 4.79 Å². The molecule has 0 aromatic carbocycles. The number of carbonyl (C=O) groups is 1. The van der Waals surface area contributed by atoms with E-state index in [1.807, 2.05) is 6.92 Å². The van der Waals surface area contributed by atoms with Gasteiger partial charge in [-0.05, 0) is 25.2 Å². The number of nitrogens with one attached hydrogen (secondary N) is 1. The zero-order valence-electron chi connectivity index (χ0n) is 8.48. The largest absolute Gasteiger partial charge is 0.353 e. The molecule has 0 aromatic rings. The van der Waals surface area contributed by atoms with Crippen molar-refractivity contribution in [3.63, 3.8) is 0 Å². The summed E-state index contributed by atoms with van der Waals surface area (Å²) in [7, 11) is 0. The number of carbonyl (C=O) groups excluding carboxylic acids is 1. The highest BCUT2D eigenvalue weighted by Gasteiger charge is 2.50. The topological polar surface area (TPSA) is 29.1 Å². The van der Waals surface area contributed by atoms with Gasteiger partial charge < -0.3 is 5.32 Å². The number of hydrogen-bond donors (Lipinski definition) is 1. The molecule has 1 amide bonds. The highest BCUT2D eigenvalue weighted by molar-refractivity contribution is 5.82. The Balaban J connectivity index is 2.32. The average Bonchev–Trinajstić information content (AvgIpc) is 2.59. The van der Waals surface area contributed by atoms with Crippen LogP contribution in [0.4, 0.5) is 0 Å². The lowest BCUT2D eigenvalue weighted by atomic mass is 10.1. The Labute approximate surface area is 74.7 Å². The maximum absolute atomic E-state index is 11.5. The monoisotopic (exact) mass is 169 g/mol. The molecule has 2 nitrogen and oxygen atoms in total. The minimum absolute atomic E-state index is 0.245. The summed E-state index contributed by atoms with van der Waals surface area (Å²) in [5.41, 5.74) is 0.261. The second kappa shape index (κ2) is 3.08. The van der Waals surface area contributed by atoms with E-state index in [0.717, 1.165) is 12.8 Å². The molecule has 0 heterocycles. The first-order valence-corrected chi connectivity index (χ1v) is 4.77. The lowest BCUT2D eigenvalue weighted by Gasteiger charge is -2.11. The summed E-state index contributed by atoms with van der Waals surface area (Å²) < 4.78 is 0. The molecule has 0 aliphatic heterocycles. The Morgan fingerprint density at radius 1 is 1.67 bits per heavy atom. The number of hydrogen-bond acceptors (Lipinski definition) is 1. The molecule has 1 fully saturated rings. The predicted octanol–water partition coefficient (Wildman–Crippen LogP) is 1.95. The highest BCUT2D eigenvalue weighted by atomic mass is 16.2. The van der Waals surface area contributed by atoms with Crippen LogP contribution in [-0.4, -0.2) is 11.9 Å². The van der Waals surface area contributed by atoms with Gasteiger partial charge in [0.05, 0.1) is 0 Å². The van der Waals surface area contributed by atoms with E-state index in [-0.39, 0.29) is 17.2 Å². The first kappa shape index (κ1) is 9.56. The maximum atomic E-state index is 11.5. The molecule has 2 atom stereocenters. The Bertz CT molecular complexity index is 186. The summed E-state index contributed by atoms with van der Waals surface area (Å²) in [5.74, 6) is 0.515. The molecule has 70 valence electrons. The highest BCUT2D eigenvalue weighted by Crippen LogP contribution is 2.51. The second-order valence-corrected chi connectivity index (χ2v) is 4.56. The number of amides is 1. The van der Waals surface area contributed by atoms with Gasteiger partial charge in [0.2, 0.25) is 5.91 Å². The van der Waals surface area contributed by atoms with Crippen molar-refractivity contribution in [2.45, 2.75) is 46.6 Å². The normalized spacial score (nSPS) is 27.8. The first-order chi connectivity index (χ1) is 5.47. The van der Waals surface area contributed by atoms with E-state index < -0.39 is 0 Å². The van der Waals surface area contributed by atoms with Crippen LogP contribution in [-0.2, 0) is 4.79 Å². The molecule has 0 bridgehead atoms. The minimum Gasteiger partial charge on any atom is -0.353 e. The average molecular weight is 169 g/mol. The molecule has 1 saturated carbocycles. The zero-order chi connectivity index (χ0) is 9.35. The quantitative estimate of drug-likeness (QED) is 0.687. The summed E-state index contributed by atoms with van der Waals surface area (Å²) in [5, 5.41) is 3.01. The van der Waals surface area contributed by atoms with Crippen molar-refractivity contribution in [2.24, 2.45) is 11.3 Å². The third-order valence-corrected chi connectivity index (χ3v) is 2.83. The van der Waals surface area contributed by atoms with Gasteiger partial charge in [0, 0.05) is 12.0 Å². The van der Waals surface area contributed by atoms with Gasteiger partial charge >= 0.3 is 0 Å². The lowest BCUT2D eigenvalue weighted by molar-refractivity contribution is -0.123. The van der Waals surface area contributed by atoms with Crippen LogP contribution >= 0.6 is 0 Å². The molecule has 1 rings (SSSR count). The van der Waals surface area contributed by atoms with Crippen molar-refractivity contribution in [3.8, 4) is 0 Å². The van der Waals surface area contributed by atoms with Crippen LogP contribution < -0.4 is 5.32 Å². The Morgan fingerprint density at radius 3 is 2.50 bits per heavy atom. The molecule has 0 saturated heterocycles. The molecular formula is C10H19NO. The third-order valence-electron chi connectivity index (χ3n) is 2.83. The van der Waals surface area contributed by atoms with E-state index in [9.17, 15) is 4.79 Å². The fourth-order valence-electron chi connectivity index (χ4n) is 1.36. The third kappa shape index (κ3) is 1.99. The van der Waals surface area contributed by atoms with Gasteiger partial charge in [0.15, 0.2) is 0 Å². The van der Waals surface area contributed by atoms with Crippen molar-refractivity contribution in [3.05, 3.63) is 0 Å². The van der Waals surface area contributed by atoms with Crippen molar-refractivity contribution < 1.29 is 4.79 Å². The van der Waals surface area contributed by atoms with Crippen LogP contribution in [0.25, 0.3) is 0 Å². The van der Waals surface area contributed by atoms with Gasteiger partial charge in [-0.15, -0.1) is 0 Å². The molecule has 0 radical (unpaired) electrons. The zero-order valence-corrected chi connectivity index (χ0v) is 8.48. The first-order valence-electron chi connectivity index (χ1n) is 4.77. The summed E-state index contributed by atoms with van der Waals surface area (Å²) in [6.45, 7) is 8.43. The Morgan fingerprint density at radius 2 is 2.17 bits per heavy atom.